The molecule has 0 spiro atoms. The molecule has 0 aliphatic carbocycles. The Morgan fingerprint density at radius 2 is 1.88 bits per heavy atom. The van der Waals surface area contributed by atoms with Crippen LogP contribution in [0.5, 0.6) is 5.75 Å². The molecule has 0 bridgehead atoms. The lowest BCUT2D eigenvalue weighted by Crippen LogP contribution is -2.25. The van der Waals surface area contributed by atoms with E-state index in [1.54, 1.807) is 31.4 Å². The number of ether oxygens (including phenoxy) is 1. The van der Waals surface area contributed by atoms with Crippen molar-refractivity contribution in [1.29, 1.82) is 0 Å². The number of hydrogen-bond donors (Lipinski definition) is 1. The lowest BCUT2D eigenvalue weighted by atomic mass is 9.96. The number of hydrogen-bond acceptors (Lipinski definition) is 3. The zero-order valence-electron chi connectivity index (χ0n) is 14.3. The second-order valence-electron chi connectivity index (χ2n) is 6.52. The first kappa shape index (κ1) is 18.5. The average molecular weight is 380 g/mol. The molecule has 0 saturated carbocycles. The summed E-state index contributed by atoms with van der Waals surface area (Å²) in [6.07, 6.45) is 3.08. The van der Waals surface area contributed by atoms with Crippen LogP contribution in [0.25, 0.3) is 0 Å². The Balaban J connectivity index is 1.83. The lowest BCUT2D eigenvalue weighted by Gasteiger charge is -2.26. The monoisotopic (exact) mass is 379 g/mol. The third-order valence-corrected chi connectivity index (χ3v) is 8.08. The van der Waals surface area contributed by atoms with E-state index < -0.39 is 7.29 Å². The van der Waals surface area contributed by atoms with E-state index in [0.717, 1.165) is 29.1 Å². The molecule has 134 valence electrons. The Labute approximate surface area is 153 Å². The van der Waals surface area contributed by atoms with Crippen molar-refractivity contribution < 1.29 is 14.5 Å². The molecule has 1 N–H and O–H groups in total. The maximum Gasteiger partial charge on any atom is 0.200 e. The quantitative estimate of drug-likeness (QED) is 0.789. The molecule has 3 rings (SSSR count). The van der Waals surface area contributed by atoms with Crippen molar-refractivity contribution in [2.45, 2.75) is 19.3 Å². The second-order valence-corrected chi connectivity index (χ2v) is 9.70. The molecule has 0 aromatic heterocycles. The molecule has 25 heavy (non-hydrogen) atoms. The van der Waals surface area contributed by atoms with Crippen LogP contribution in [-0.2, 0) is 11.0 Å². The Morgan fingerprint density at radius 3 is 2.52 bits per heavy atom. The molecule has 0 amide bonds. The summed E-state index contributed by atoms with van der Waals surface area (Å²) in [5.74, 6) is 0.971. The normalized spacial score (nSPS) is 24.7. The highest BCUT2D eigenvalue weighted by molar-refractivity contribution is 7.69. The first-order chi connectivity index (χ1) is 12.0. The minimum absolute atomic E-state index is 0.256. The lowest BCUT2D eigenvalue weighted by molar-refractivity contribution is 0.00251. The van der Waals surface area contributed by atoms with Gasteiger partial charge in [0.2, 0.25) is 7.29 Å². The molecular formula is C19H23ClNO3P. The van der Waals surface area contributed by atoms with Gasteiger partial charge in [0.15, 0.2) is 0 Å². The fraction of sp³-hybridized carbons (Fsp3) is 0.368. The molecule has 1 saturated heterocycles. The van der Waals surface area contributed by atoms with E-state index in [0.29, 0.717) is 23.8 Å². The molecule has 4 nitrogen and oxygen atoms in total. The Morgan fingerprint density at radius 1 is 1.20 bits per heavy atom. The third kappa shape index (κ3) is 4.27. The van der Waals surface area contributed by atoms with Gasteiger partial charge in [-0.05, 0) is 67.1 Å². The van der Waals surface area contributed by atoms with Gasteiger partial charge in [0.05, 0.1) is 7.11 Å². The molecule has 2 aromatic rings. The number of halogens is 1. The van der Waals surface area contributed by atoms with Crippen LogP contribution in [0.4, 0.5) is 0 Å². The summed E-state index contributed by atoms with van der Waals surface area (Å²) >= 11 is 5.96. The van der Waals surface area contributed by atoms with Crippen LogP contribution in [0.2, 0.25) is 5.02 Å². The standard InChI is InChI=1S/C19H23ClNO3P/c1-24-18-8-10-19(11-9-18)25(23)14-16(3-2-12-21(25)22)13-15-4-6-17(20)7-5-15/h4-11,16,22H,2-3,12-14H2,1H3. The summed E-state index contributed by atoms with van der Waals surface area (Å²) in [6.45, 7) is 0.431. The highest BCUT2D eigenvalue weighted by Gasteiger charge is 2.36. The van der Waals surface area contributed by atoms with Gasteiger partial charge in [0.1, 0.15) is 5.75 Å². The van der Waals surface area contributed by atoms with Crippen LogP contribution in [0.1, 0.15) is 18.4 Å². The first-order valence-corrected chi connectivity index (χ1v) is 10.7. The van der Waals surface area contributed by atoms with E-state index >= 15 is 0 Å². The summed E-state index contributed by atoms with van der Waals surface area (Å²) in [4.78, 5) is 1.08. The molecule has 2 atom stereocenters. The van der Waals surface area contributed by atoms with Gasteiger partial charge in [-0.15, -0.1) is 4.83 Å². The van der Waals surface area contributed by atoms with E-state index in [9.17, 15) is 9.77 Å². The van der Waals surface area contributed by atoms with E-state index in [4.69, 9.17) is 16.3 Å². The average Bonchev–Trinajstić information content (AvgIpc) is 2.76. The minimum atomic E-state index is -3.03. The Kier molecular flexibility index (Phi) is 5.85. The molecule has 1 aliphatic heterocycles. The Bertz CT molecular complexity index is 748. The van der Waals surface area contributed by atoms with Gasteiger partial charge in [0, 0.05) is 23.0 Å². The Hall–Kier alpha value is -1.32. The molecule has 1 fully saturated rings. The molecule has 0 radical (unpaired) electrons. The van der Waals surface area contributed by atoms with Crippen molar-refractivity contribution in [2.24, 2.45) is 5.92 Å². The van der Waals surface area contributed by atoms with Crippen molar-refractivity contribution >= 4 is 24.2 Å². The highest BCUT2D eigenvalue weighted by atomic mass is 35.5. The zero-order valence-corrected chi connectivity index (χ0v) is 15.9. The van der Waals surface area contributed by atoms with Gasteiger partial charge < -0.3 is 9.94 Å². The topological polar surface area (TPSA) is 49.8 Å². The summed E-state index contributed by atoms with van der Waals surface area (Å²) in [5, 5.41) is 11.8. The van der Waals surface area contributed by atoms with Gasteiger partial charge in [0.25, 0.3) is 0 Å². The van der Waals surface area contributed by atoms with Crippen molar-refractivity contribution in [3.05, 3.63) is 59.1 Å². The minimum Gasteiger partial charge on any atom is -0.497 e. The fourth-order valence-electron chi connectivity index (χ4n) is 3.39. The van der Waals surface area contributed by atoms with Crippen molar-refractivity contribution in [3.8, 4) is 5.75 Å². The van der Waals surface area contributed by atoms with Gasteiger partial charge >= 0.3 is 0 Å². The summed E-state index contributed by atoms with van der Waals surface area (Å²) in [5.41, 5.74) is 1.18. The van der Waals surface area contributed by atoms with Gasteiger partial charge in [-0.1, -0.05) is 23.7 Å². The smallest absolute Gasteiger partial charge is 0.200 e. The number of methoxy groups -OCH3 is 1. The first-order valence-electron chi connectivity index (χ1n) is 8.46. The van der Waals surface area contributed by atoms with E-state index in [2.05, 4.69) is 0 Å². The molecule has 1 aliphatic rings. The van der Waals surface area contributed by atoms with E-state index in [-0.39, 0.29) is 5.92 Å². The van der Waals surface area contributed by atoms with E-state index in [1.165, 1.54) is 5.56 Å². The van der Waals surface area contributed by atoms with Crippen LogP contribution in [0.15, 0.2) is 48.5 Å². The molecule has 2 unspecified atom stereocenters. The van der Waals surface area contributed by atoms with Crippen molar-refractivity contribution in [1.82, 2.24) is 4.83 Å². The highest BCUT2D eigenvalue weighted by Crippen LogP contribution is 2.51. The second kappa shape index (κ2) is 7.92. The maximum atomic E-state index is 13.7. The van der Waals surface area contributed by atoms with Crippen LogP contribution in [0, 0.1) is 5.92 Å². The van der Waals surface area contributed by atoms with Crippen LogP contribution in [0.3, 0.4) is 0 Å². The summed E-state index contributed by atoms with van der Waals surface area (Å²) in [7, 11) is -1.43. The third-order valence-electron chi connectivity index (χ3n) is 4.76. The van der Waals surface area contributed by atoms with Crippen LogP contribution >= 0.6 is 18.9 Å². The predicted octanol–water partition coefficient (Wildman–Crippen LogP) is 4.60. The number of rotatable bonds is 4. The van der Waals surface area contributed by atoms with Crippen molar-refractivity contribution in [2.75, 3.05) is 19.8 Å². The van der Waals surface area contributed by atoms with Crippen molar-refractivity contribution in [3.63, 3.8) is 0 Å². The molecular weight excluding hydrogens is 357 g/mol. The van der Waals surface area contributed by atoms with Gasteiger partial charge in [-0.25, -0.2) is 0 Å². The SMILES string of the molecule is COc1ccc(P2(=O)CC(Cc3ccc(Cl)cc3)CCCN2O)cc1. The number of benzene rings is 2. The maximum absolute atomic E-state index is 13.7. The van der Waals surface area contributed by atoms with Crippen LogP contribution in [-0.4, -0.2) is 29.9 Å². The van der Waals surface area contributed by atoms with Gasteiger partial charge in [-0.2, -0.15) is 0 Å². The van der Waals surface area contributed by atoms with E-state index in [1.807, 2.05) is 24.3 Å². The fourth-order valence-corrected chi connectivity index (χ4v) is 6.28. The summed E-state index contributed by atoms with van der Waals surface area (Å²) < 4.78 is 18.8. The van der Waals surface area contributed by atoms with Crippen LogP contribution < -0.4 is 10.0 Å². The summed E-state index contributed by atoms with van der Waals surface area (Å²) in [6, 6.07) is 15.0. The number of hydroxylamine groups is 1. The number of nitrogens with zero attached hydrogens (tertiary/aromatic N) is 1. The molecule has 1 heterocycles. The largest absolute Gasteiger partial charge is 0.497 e. The molecule has 2 aromatic carbocycles. The predicted molar refractivity (Wildman–Crippen MR) is 101 cm³/mol. The molecule has 6 heteroatoms. The van der Waals surface area contributed by atoms with Gasteiger partial charge in [-0.3, -0.25) is 4.57 Å². The zero-order chi connectivity index (χ0) is 17.9.